The number of pyridine rings is 1. The Balaban J connectivity index is 1.61. The molecular formula is C15H11NO4. The molecule has 5 nitrogen and oxygen atoms in total. The number of fused-ring (bicyclic) bond motifs is 3. The summed E-state index contributed by atoms with van der Waals surface area (Å²) < 4.78 is 11.3. The van der Waals surface area contributed by atoms with E-state index in [1.54, 1.807) is 24.5 Å². The maximum atomic E-state index is 11.0. The summed E-state index contributed by atoms with van der Waals surface area (Å²) in [5.74, 6) is 0.879. The molecule has 4 rings (SSSR count). The number of carbonyl (C=O) groups is 1. The van der Waals surface area contributed by atoms with E-state index in [9.17, 15) is 4.79 Å². The standard InChI is InChI=1S/C15H11NO4/c17-15(18)13-12-10-7-9(1-2-11(10)20-14(12)13)19-8-3-5-16-6-4-8/h1-7,12-14H,(H,17,18)/t12-,13?,14-/m0/s1. The SMILES string of the molecule is O=C(O)C1[C@H]2Oc3ccc(Oc4ccncc4)cc3[C@@H]12. The molecule has 1 unspecified atom stereocenters. The Hall–Kier alpha value is -2.56. The van der Waals surface area contributed by atoms with E-state index < -0.39 is 11.9 Å². The molecule has 0 saturated heterocycles. The molecule has 1 aliphatic heterocycles. The lowest BCUT2D eigenvalue weighted by Crippen LogP contribution is -2.08. The number of carboxylic acid groups (broad SMARTS) is 1. The van der Waals surface area contributed by atoms with Crippen LogP contribution >= 0.6 is 0 Å². The van der Waals surface area contributed by atoms with Gasteiger partial charge in [-0.05, 0) is 30.3 Å². The molecule has 0 spiro atoms. The van der Waals surface area contributed by atoms with Crippen molar-refractivity contribution in [2.45, 2.75) is 12.0 Å². The van der Waals surface area contributed by atoms with Crippen molar-refractivity contribution in [2.75, 3.05) is 0 Å². The van der Waals surface area contributed by atoms with E-state index in [4.69, 9.17) is 14.6 Å². The van der Waals surface area contributed by atoms with Gasteiger partial charge in [-0.15, -0.1) is 0 Å². The zero-order chi connectivity index (χ0) is 13.7. The number of carboxylic acids is 1. The molecule has 1 aromatic heterocycles. The second-order valence-electron chi connectivity index (χ2n) is 4.96. The highest BCUT2D eigenvalue weighted by atomic mass is 16.5. The van der Waals surface area contributed by atoms with Crippen LogP contribution in [0.4, 0.5) is 0 Å². The Kier molecular flexibility index (Phi) is 2.24. The van der Waals surface area contributed by atoms with Crippen LogP contribution in [0.2, 0.25) is 0 Å². The van der Waals surface area contributed by atoms with Crippen molar-refractivity contribution in [2.24, 2.45) is 5.92 Å². The number of rotatable bonds is 3. The van der Waals surface area contributed by atoms with Gasteiger partial charge >= 0.3 is 5.97 Å². The van der Waals surface area contributed by atoms with Gasteiger partial charge in [0.2, 0.25) is 0 Å². The smallest absolute Gasteiger partial charge is 0.311 e. The molecule has 1 fully saturated rings. The number of ether oxygens (including phenoxy) is 2. The first-order chi connectivity index (χ1) is 9.74. The fourth-order valence-electron chi connectivity index (χ4n) is 2.74. The van der Waals surface area contributed by atoms with Gasteiger partial charge in [-0.2, -0.15) is 0 Å². The van der Waals surface area contributed by atoms with Gasteiger partial charge in [0.05, 0.1) is 0 Å². The Labute approximate surface area is 114 Å². The van der Waals surface area contributed by atoms with Gasteiger partial charge in [-0.3, -0.25) is 9.78 Å². The Morgan fingerprint density at radius 3 is 2.75 bits per heavy atom. The molecule has 1 N–H and O–H groups in total. The summed E-state index contributed by atoms with van der Waals surface area (Å²) in [6.45, 7) is 0. The zero-order valence-corrected chi connectivity index (χ0v) is 10.4. The van der Waals surface area contributed by atoms with Crippen LogP contribution in [0.25, 0.3) is 0 Å². The van der Waals surface area contributed by atoms with Crippen molar-refractivity contribution in [3.63, 3.8) is 0 Å². The van der Waals surface area contributed by atoms with Crippen LogP contribution in [0.3, 0.4) is 0 Å². The molecule has 5 heteroatoms. The number of nitrogens with zero attached hydrogens (tertiary/aromatic N) is 1. The van der Waals surface area contributed by atoms with Crippen LogP contribution in [-0.2, 0) is 4.79 Å². The summed E-state index contributed by atoms with van der Waals surface area (Å²) in [6.07, 6.45) is 3.10. The molecule has 100 valence electrons. The molecule has 2 heterocycles. The molecule has 2 aromatic rings. The van der Waals surface area contributed by atoms with Crippen molar-refractivity contribution >= 4 is 5.97 Å². The van der Waals surface area contributed by atoms with E-state index >= 15 is 0 Å². The lowest BCUT2D eigenvalue weighted by Gasteiger charge is -2.09. The first kappa shape index (κ1) is 11.3. The average molecular weight is 269 g/mol. The second kappa shape index (κ2) is 3.96. The molecule has 20 heavy (non-hydrogen) atoms. The normalized spacial score (nSPS) is 25.3. The number of aromatic nitrogens is 1. The fourth-order valence-corrected chi connectivity index (χ4v) is 2.74. The molecular weight excluding hydrogens is 258 g/mol. The number of hydrogen-bond acceptors (Lipinski definition) is 4. The minimum Gasteiger partial charge on any atom is -0.489 e. The van der Waals surface area contributed by atoms with E-state index in [-0.39, 0.29) is 12.0 Å². The highest BCUT2D eigenvalue weighted by Gasteiger charge is 2.63. The first-order valence-electron chi connectivity index (χ1n) is 6.35. The zero-order valence-electron chi connectivity index (χ0n) is 10.4. The van der Waals surface area contributed by atoms with Crippen molar-refractivity contribution in [1.29, 1.82) is 0 Å². The van der Waals surface area contributed by atoms with Gasteiger partial charge in [0.15, 0.2) is 0 Å². The van der Waals surface area contributed by atoms with Gasteiger partial charge in [0.25, 0.3) is 0 Å². The monoisotopic (exact) mass is 269 g/mol. The predicted octanol–water partition coefficient (Wildman–Crippen LogP) is 2.43. The van der Waals surface area contributed by atoms with E-state index in [1.165, 1.54) is 0 Å². The number of benzene rings is 1. The lowest BCUT2D eigenvalue weighted by atomic mass is 10.1. The predicted molar refractivity (Wildman–Crippen MR) is 69.0 cm³/mol. The maximum Gasteiger partial charge on any atom is 0.311 e. The Bertz CT molecular complexity index is 686. The topological polar surface area (TPSA) is 68.7 Å². The summed E-state index contributed by atoms with van der Waals surface area (Å²) in [5, 5.41) is 9.07. The highest BCUT2D eigenvalue weighted by molar-refractivity contribution is 5.79. The molecule has 0 amide bonds. The summed E-state index contributed by atoms with van der Waals surface area (Å²) in [6, 6.07) is 9.05. The molecule has 1 aliphatic carbocycles. The fraction of sp³-hybridized carbons (Fsp3) is 0.200. The average Bonchev–Trinajstić information content (AvgIpc) is 3.05. The Morgan fingerprint density at radius 2 is 2.00 bits per heavy atom. The quantitative estimate of drug-likeness (QED) is 0.926. The van der Waals surface area contributed by atoms with Crippen molar-refractivity contribution in [3.8, 4) is 17.2 Å². The summed E-state index contributed by atoms with van der Waals surface area (Å²) in [7, 11) is 0. The van der Waals surface area contributed by atoms with Gasteiger partial charge in [0.1, 0.15) is 29.3 Å². The minimum absolute atomic E-state index is 0.0384. The number of aliphatic carboxylic acids is 1. The van der Waals surface area contributed by atoms with Crippen molar-refractivity contribution in [1.82, 2.24) is 4.98 Å². The lowest BCUT2D eigenvalue weighted by molar-refractivity contribution is -0.139. The van der Waals surface area contributed by atoms with E-state index in [2.05, 4.69) is 4.98 Å². The molecule has 1 saturated carbocycles. The van der Waals surface area contributed by atoms with Gasteiger partial charge < -0.3 is 14.6 Å². The molecule has 1 aromatic carbocycles. The van der Waals surface area contributed by atoms with Crippen LogP contribution in [-0.4, -0.2) is 22.2 Å². The summed E-state index contributed by atoms with van der Waals surface area (Å²) in [5.41, 5.74) is 0.925. The van der Waals surface area contributed by atoms with Crippen LogP contribution in [0.15, 0.2) is 42.7 Å². The third kappa shape index (κ3) is 1.63. The van der Waals surface area contributed by atoms with Crippen LogP contribution in [0, 0.1) is 5.92 Å². The third-order valence-electron chi connectivity index (χ3n) is 3.73. The second-order valence-corrected chi connectivity index (χ2v) is 4.96. The summed E-state index contributed by atoms with van der Waals surface area (Å²) >= 11 is 0. The van der Waals surface area contributed by atoms with Crippen LogP contribution in [0.1, 0.15) is 11.5 Å². The first-order valence-corrected chi connectivity index (χ1v) is 6.35. The molecule has 0 radical (unpaired) electrons. The van der Waals surface area contributed by atoms with E-state index in [1.807, 2.05) is 18.2 Å². The van der Waals surface area contributed by atoms with Crippen molar-refractivity contribution < 1.29 is 19.4 Å². The van der Waals surface area contributed by atoms with E-state index in [0.29, 0.717) is 11.5 Å². The number of hydrogen-bond donors (Lipinski definition) is 1. The highest BCUT2D eigenvalue weighted by Crippen LogP contribution is 2.58. The van der Waals surface area contributed by atoms with Crippen molar-refractivity contribution in [3.05, 3.63) is 48.3 Å². The summed E-state index contributed by atoms with van der Waals surface area (Å²) in [4.78, 5) is 15.0. The largest absolute Gasteiger partial charge is 0.489 e. The molecule has 3 atom stereocenters. The minimum atomic E-state index is -0.800. The van der Waals surface area contributed by atoms with Crippen LogP contribution < -0.4 is 9.47 Å². The van der Waals surface area contributed by atoms with Gasteiger partial charge in [-0.25, -0.2) is 0 Å². The maximum absolute atomic E-state index is 11.0. The van der Waals surface area contributed by atoms with E-state index in [0.717, 1.165) is 11.3 Å². The molecule has 2 aliphatic rings. The van der Waals surface area contributed by atoms with Gasteiger partial charge in [-0.1, -0.05) is 0 Å². The van der Waals surface area contributed by atoms with Gasteiger partial charge in [0, 0.05) is 23.9 Å². The van der Waals surface area contributed by atoms with Crippen LogP contribution in [0.5, 0.6) is 17.2 Å². The third-order valence-corrected chi connectivity index (χ3v) is 3.73. The molecule has 0 bridgehead atoms. The Morgan fingerprint density at radius 1 is 1.20 bits per heavy atom.